The zero-order valence-electron chi connectivity index (χ0n) is 16.7. The fraction of sp³-hybridized carbons (Fsp3) is 0.455. The number of hydrogen-bond acceptors (Lipinski definition) is 4. The number of fused-ring (bicyclic) bond motifs is 1. The second-order valence-electron chi connectivity index (χ2n) is 7.00. The van der Waals surface area contributed by atoms with Crippen LogP contribution in [0.4, 0.5) is 0 Å². The van der Waals surface area contributed by atoms with Gasteiger partial charge in [-0.25, -0.2) is 9.50 Å². The lowest BCUT2D eigenvalue weighted by molar-refractivity contribution is 0.187. The Labute approximate surface area is 166 Å². The zero-order chi connectivity index (χ0) is 19.2. The van der Waals surface area contributed by atoms with Gasteiger partial charge in [0.15, 0.2) is 5.65 Å². The molecule has 3 rings (SSSR count). The largest absolute Gasteiger partial charge is 0.474 e. The van der Waals surface area contributed by atoms with Crippen LogP contribution in [0.25, 0.3) is 16.9 Å². The van der Waals surface area contributed by atoms with Gasteiger partial charge in [-0.15, -0.1) is 16.9 Å². The molecule has 0 aliphatic rings. The maximum Gasteiger partial charge on any atom is 0.232 e. The Bertz CT molecular complexity index is 856. The Hall–Kier alpha value is -2.01. The highest BCUT2D eigenvalue weighted by Gasteiger charge is 2.12. The van der Waals surface area contributed by atoms with E-state index in [0.717, 1.165) is 29.2 Å². The first-order valence-electron chi connectivity index (χ1n) is 9.80. The Morgan fingerprint density at radius 2 is 1.78 bits per heavy atom. The van der Waals surface area contributed by atoms with Gasteiger partial charge in [-0.2, -0.15) is 0 Å². The van der Waals surface area contributed by atoms with Crippen molar-refractivity contribution in [1.29, 1.82) is 0 Å². The third-order valence-electron chi connectivity index (χ3n) is 5.18. The normalized spacial score (nSPS) is 12.6. The molecule has 0 fully saturated rings. The highest BCUT2D eigenvalue weighted by Crippen LogP contribution is 2.25. The lowest BCUT2D eigenvalue weighted by Gasteiger charge is -2.17. The Morgan fingerprint density at radius 1 is 1.04 bits per heavy atom. The van der Waals surface area contributed by atoms with Gasteiger partial charge in [0.25, 0.3) is 0 Å². The van der Waals surface area contributed by atoms with Crippen LogP contribution in [-0.2, 0) is 0 Å². The number of aromatic nitrogens is 3. The molecule has 2 aromatic heterocycles. The van der Waals surface area contributed by atoms with Gasteiger partial charge in [0, 0.05) is 16.5 Å². The fourth-order valence-corrected chi connectivity index (χ4v) is 3.72. The van der Waals surface area contributed by atoms with Crippen LogP contribution < -0.4 is 4.74 Å². The minimum absolute atomic E-state index is 0.156. The van der Waals surface area contributed by atoms with E-state index >= 15 is 0 Å². The van der Waals surface area contributed by atoms with Gasteiger partial charge in [-0.05, 0) is 50.1 Å². The van der Waals surface area contributed by atoms with Crippen molar-refractivity contribution in [3.05, 3.63) is 42.6 Å². The van der Waals surface area contributed by atoms with Crippen LogP contribution in [-0.4, -0.2) is 27.0 Å². The molecule has 0 bridgehead atoms. The summed E-state index contributed by atoms with van der Waals surface area (Å²) in [6, 6.07) is 12.4. The Morgan fingerprint density at radius 3 is 2.44 bits per heavy atom. The lowest BCUT2D eigenvalue weighted by Crippen LogP contribution is -2.15. The minimum Gasteiger partial charge on any atom is -0.474 e. The van der Waals surface area contributed by atoms with E-state index in [1.165, 1.54) is 24.2 Å². The van der Waals surface area contributed by atoms with Crippen molar-refractivity contribution in [3.63, 3.8) is 0 Å². The summed E-state index contributed by atoms with van der Waals surface area (Å²) in [6.07, 6.45) is 8.84. The van der Waals surface area contributed by atoms with Crippen LogP contribution in [0.5, 0.6) is 5.88 Å². The molecule has 0 amide bonds. The second kappa shape index (κ2) is 9.27. The van der Waals surface area contributed by atoms with Gasteiger partial charge in [0.05, 0.1) is 18.0 Å². The van der Waals surface area contributed by atoms with Crippen LogP contribution in [0.15, 0.2) is 47.5 Å². The maximum absolute atomic E-state index is 6.10. The second-order valence-corrected chi connectivity index (χ2v) is 7.88. The van der Waals surface area contributed by atoms with Crippen LogP contribution in [0.2, 0.25) is 0 Å². The first-order valence-corrected chi connectivity index (χ1v) is 11.0. The molecule has 1 aromatic carbocycles. The molecule has 3 aromatic rings. The van der Waals surface area contributed by atoms with Crippen molar-refractivity contribution < 1.29 is 4.74 Å². The molecule has 0 spiro atoms. The summed E-state index contributed by atoms with van der Waals surface area (Å²) in [5.74, 6) is 1.44. The van der Waals surface area contributed by atoms with Gasteiger partial charge < -0.3 is 4.74 Å². The van der Waals surface area contributed by atoms with Crippen LogP contribution in [0.1, 0.15) is 46.5 Å². The molecule has 0 saturated heterocycles. The van der Waals surface area contributed by atoms with Gasteiger partial charge in [0.2, 0.25) is 5.88 Å². The van der Waals surface area contributed by atoms with Crippen molar-refractivity contribution in [2.75, 3.05) is 6.26 Å². The van der Waals surface area contributed by atoms with Crippen LogP contribution in [0, 0.1) is 5.92 Å². The summed E-state index contributed by atoms with van der Waals surface area (Å²) < 4.78 is 7.97. The first kappa shape index (κ1) is 19.7. The third-order valence-corrected chi connectivity index (χ3v) is 5.93. The number of hydrogen-bond donors (Lipinski definition) is 0. The molecule has 27 heavy (non-hydrogen) atoms. The Kier molecular flexibility index (Phi) is 6.78. The van der Waals surface area contributed by atoms with E-state index in [9.17, 15) is 0 Å². The molecule has 2 heterocycles. The standard InChI is InChI=1S/C22H29N3OS/c1-5-17(6-2)8-7-16(3)26-22-14-13-21-23-15-20(25(21)24-22)18-9-11-19(27-4)12-10-18/h9-17H,5-8H2,1-4H3. The van der Waals surface area contributed by atoms with E-state index in [2.05, 4.69) is 61.4 Å². The Balaban J connectivity index is 1.76. The lowest BCUT2D eigenvalue weighted by atomic mass is 9.96. The summed E-state index contributed by atoms with van der Waals surface area (Å²) in [6.45, 7) is 6.66. The number of thioether (sulfide) groups is 1. The number of ether oxygens (including phenoxy) is 1. The molecule has 0 N–H and O–H groups in total. The maximum atomic E-state index is 6.10. The topological polar surface area (TPSA) is 39.4 Å². The minimum atomic E-state index is 0.156. The predicted octanol–water partition coefficient (Wildman–Crippen LogP) is 6.10. The van der Waals surface area contributed by atoms with Crippen molar-refractivity contribution in [3.8, 4) is 17.1 Å². The number of nitrogens with zero attached hydrogens (tertiary/aromatic N) is 3. The quantitative estimate of drug-likeness (QED) is 0.418. The molecule has 0 aliphatic carbocycles. The molecule has 1 unspecified atom stereocenters. The predicted molar refractivity (Wildman–Crippen MR) is 114 cm³/mol. The third kappa shape index (κ3) is 4.83. The highest BCUT2D eigenvalue weighted by molar-refractivity contribution is 7.98. The first-order chi connectivity index (χ1) is 13.1. The van der Waals surface area contributed by atoms with E-state index in [1.54, 1.807) is 11.8 Å². The van der Waals surface area contributed by atoms with Gasteiger partial charge in [-0.3, -0.25) is 0 Å². The average molecular weight is 384 g/mol. The summed E-state index contributed by atoms with van der Waals surface area (Å²) >= 11 is 1.74. The molecule has 1 atom stereocenters. The number of rotatable bonds is 9. The number of benzene rings is 1. The monoisotopic (exact) mass is 383 g/mol. The smallest absolute Gasteiger partial charge is 0.232 e. The SMILES string of the molecule is CCC(CC)CCC(C)Oc1ccc2ncc(-c3ccc(SC)cc3)n2n1. The van der Waals surface area contributed by atoms with E-state index in [4.69, 9.17) is 4.74 Å². The van der Waals surface area contributed by atoms with Crippen molar-refractivity contribution in [1.82, 2.24) is 14.6 Å². The van der Waals surface area contributed by atoms with E-state index < -0.39 is 0 Å². The average Bonchev–Trinajstić information content (AvgIpc) is 3.12. The van der Waals surface area contributed by atoms with E-state index in [1.807, 2.05) is 22.8 Å². The summed E-state index contributed by atoms with van der Waals surface area (Å²) in [4.78, 5) is 5.73. The molecule has 0 aliphatic heterocycles. The summed E-state index contributed by atoms with van der Waals surface area (Å²) in [5.41, 5.74) is 2.91. The van der Waals surface area contributed by atoms with Crippen molar-refractivity contribution in [2.24, 2.45) is 5.92 Å². The van der Waals surface area contributed by atoms with Gasteiger partial charge >= 0.3 is 0 Å². The molecule has 5 heteroatoms. The van der Waals surface area contributed by atoms with Crippen LogP contribution >= 0.6 is 11.8 Å². The van der Waals surface area contributed by atoms with Gasteiger partial charge in [-0.1, -0.05) is 38.8 Å². The van der Waals surface area contributed by atoms with Crippen molar-refractivity contribution in [2.45, 2.75) is 57.5 Å². The molecule has 4 nitrogen and oxygen atoms in total. The summed E-state index contributed by atoms with van der Waals surface area (Å²) in [5, 5.41) is 4.69. The van der Waals surface area contributed by atoms with Crippen molar-refractivity contribution >= 4 is 17.4 Å². The van der Waals surface area contributed by atoms with E-state index in [0.29, 0.717) is 5.88 Å². The number of imidazole rings is 1. The van der Waals surface area contributed by atoms with Gasteiger partial charge in [0.1, 0.15) is 0 Å². The molecule has 0 radical (unpaired) electrons. The molecular formula is C22H29N3OS. The zero-order valence-corrected chi connectivity index (χ0v) is 17.5. The van der Waals surface area contributed by atoms with Crippen LogP contribution in [0.3, 0.4) is 0 Å². The molecule has 0 saturated carbocycles. The highest BCUT2D eigenvalue weighted by atomic mass is 32.2. The molecule has 144 valence electrons. The molecular weight excluding hydrogens is 354 g/mol. The summed E-state index contributed by atoms with van der Waals surface area (Å²) in [7, 11) is 0. The fourth-order valence-electron chi connectivity index (χ4n) is 3.31. The van der Waals surface area contributed by atoms with E-state index in [-0.39, 0.29) is 6.10 Å².